The SMILES string of the molecule is c1ccc(CNc2nc(-c3cnc[nH]3)cs2)cc1. The Hall–Kier alpha value is -2.14. The Labute approximate surface area is 109 Å². The van der Waals surface area contributed by atoms with Crippen LogP contribution in [0.1, 0.15) is 5.56 Å². The third-order valence-corrected chi connectivity index (χ3v) is 3.36. The minimum absolute atomic E-state index is 0.788. The first kappa shape index (κ1) is 11.0. The largest absolute Gasteiger partial charge is 0.357 e. The molecule has 1 aromatic carbocycles. The summed E-state index contributed by atoms with van der Waals surface area (Å²) in [6, 6.07) is 10.3. The van der Waals surface area contributed by atoms with E-state index in [1.807, 2.05) is 23.6 Å². The molecule has 0 fully saturated rings. The molecule has 0 aliphatic heterocycles. The predicted molar refractivity (Wildman–Crippen MR) is 73.5 cm³/mol. The number of aromatic nitrogens is 3. The fourth-order valence-corrected chi connectivity index (χ4v) is 2.36. The molecule has 2 heterocycles. The molecule has 18 heavy (non-hydrogen) atoms. The highest BCUT2D eigenvalue weighted by molar-refractivity contribution is 7.14. The van der Waals surface area contributed by atoms with Crippen LogP contribution in [0.15, 0.2) is 48.2 Å². The van der Waals surface area contributed by atoms with Crippen molar-refractivity contribution in [1.29, 1.82) is 0 Å². The van der Waals surface area contributed by atoms with Crippen LogP contribution in [0.2, 0.25) is 0 Å². The van der Waals surface area contributed by atoms with Gasteiger partial charge in [0.15, 0.2) is 5.13 Å². The molecule has 3 aromatic rings. The monoisotopic (exact) mass is 256 g/mol. The van der Waals surface area contributed by atoms with Gasteiger partial charge in [-0.3, -0.25) is 0 Å². The molecule has 0 bridgehead atoms. The zero-order valence-electron chi connectivity index (χ0n) is 9.63. The molecule has 0 atom stereocenters. The van der Waals surface area contributed by atoms with Crippen molar-refractivity contribution >= 4 is 16.5 Å². The first-order valence-corrected chi connectivity index (χ1v) is 6.52. The van der Waals surface area contributed by atoms with Gasteiger partial charge in [0.25, 0.3) is 0 Å². The molecule has 0 radical (unpaired) electrons. The van der Waals surface area contributed by atoms with E-state index in [2.05, 4.69) is 32.4 Å². The van der Waals surface area contributed by atoms with E-state index in [1.165, 1.54) is 5.56 Å². The van der Waals surface area contributed by atoms with Crippen LogP contribution in [0.3, 0.4) is 0 Å². The standard InChI is InChI=1S/C13H12N4S/c1-2-4-10(5-3-1)6-15-13-17-12(8-18-13)11-7-14-9-16-11/h1-5,7-9H,6H2,(H,14,16)(H,15,17). The number of benzene rings is 1. The third kappa shape index (κ3) is 2.41. The van der Waals surface area contributed by atoms with Crippen molar-refractivity contribution in [3.05, 3.63) is 53.8 Å². The lowest BCUT2D eigenvalue weighted by Crippen LogP contribution is -1.98. The minimum atomic E-state index is 0.788. The third-order valence-electron chi connectivity index (χ3n) is 2.56. The molecule has 0 saturated heterocycles. The van der Waals surface area contributed by atoms with Gasteiger partial charge < -0.3 is 10.3 Å². The van der Waals surface area contributed by atoms with E-state index < -0.39 is 0 Å². The quantitative estimate of drug-likeness (QED) is 0.754. The Bertz CT molecular complexity index is 601. The van der Waals surface area contributed by atoms with E-state index in [-0.39, 0.29) is 0 Å². The van der Waals surface area contributed by atoms with Crippen LogP contribution >= 0.6 is 11.3 Å². The first-order valence-electron chi connectivity index (χ1n) is 5.64. The van der Waals surface area contributed by atoms with Gasteiger partial charge in [-0.2, -0.15) is 0 Å². The van der Waals surface area contributed by atoms with Crippen LogP contribution in [0.5, 0.6) is 0 Å². The van der Waals surface area contributed by atoms with E-state index in [4.69, 9.17) is 0 Å². The van der Waals surface area contributed by atoms with Crippen LogP contribution in [0.4, 0.5) is 5.13 Å². The summed E-state index contributed by atoms with van der Waals surface area (Å²) in [6.07, 6.45) is 3.43. The van der Waals surface area contributed by atoms with Gasteiger partial charge in [-0.15, -0.1) is 11.3 Å². The fourth-order valence-electron chi connectivity index (χ4n) is 1.65. The van der Waals surface area contributed by atoms with Crippen molar-refractivity contribution in [2.45, 2.75) is 6.54 Å². The normalized spacial score (nSPS) is 10.4. The fraction of sp³-hybridized carbons (Fsp3) is 0.0769. The Morgan fingerprint density at radius 3 is 2.89 bits per heavy atom. The van der Waals surface area contributed by atoms with Gasteiger partial charge in [0, 0.05) is 11.9 Å². The lowest BCUT2D eigenvalue weighted by Gasteiger charge is -2.01. The molecule has 90 valence electrons. The number of thiazole rings is 1. The number of nitrogens with one attached hydrogen (secondary N) is 2. The number of hydrogen-bond donors (Lipinski definition) is 2. The summed E-state index contributed by atoms with van der Waals surface area (Å²) >= 11 is 1.60. The number of hydrogen-bond acceptors (Lipinski definition) is 4. The van der Waals surface area contributed by atoms with E-state index >= 15 is 0 Å². The van der Waals surface area contributed by atoms with Crippen molar-refractivity contribution in [2.75, 3.05) is 5.32 Å². The zero-order valence-corrected chi connectivity index (χ0v) is 10.4. The summed E-state index contributed by atoms with van der Waals surface area (Å²) in [7, 11) is 0. The minimum Gasteiger partial charge on any atom is -0.357 e. The maximum atomic E-state index is 4.50. The van der Waals surface area contributed by atoms with Crippen molar-refractivity contribution in [2.24, 2.45) is 0 Å². The summed E-state index contributed by atoms with van der Waals surface area (Å²) in [5.41, 5.74) is 3.11. The highest BCUT2D eigenvalue weighted by Crippen LogP contribution is 2.23. The summed E-state index contributed by atoms with van der Waals surface area (Å²) in [5.74, 6) is 0. The van der Waals surface area contributed by atoms with Crippen molar-refractivity contribution in [1.82, 2.24) is 15.0 Å². The number of rotatable bonds is 4. The molecule has 0 saturated carbocycles. The van der Waals surface area contributed by atoms with E-state index in [9.17, 15) is 0 Å². The Morgan fingerprint density at radius 2 is 2.11 bits per heavy atom. The summed E-state index contributed by atoms with van der Waals surface area (Å²) < 4.78 is 0. The molecular formula is C13H12N4S. The highest BCUT2D eigenvalue weighted by Gasteiger charge is 2.04. The van der Waals surface area contributed by atoms with Gasteiger partial charge in [-0.05, 0) is 5.56 Å². The van der Waals surface area contributed by atoms with Crippen LogP contribution in [0, 0.1) is 0 Å². The van der Waals surface area contributed by atoms with Crippen molar-refractivity contribution in [3.8, 4) is 11.4 Å². The molecule has 5 heteroatoms. The Balaban J connectivity index is 1.68. The van der Waals surface area contributed by atoms with Crippen LogP contribution < -0.4 is 5.32 Å². The van der Waals surface area contributed by atoms with Gasteiger partial charge in [-0.25, -0.2) is 9.97 Å². The van der Waals surface area contributed by atoms with E-state index in [0.29, 0.717) is 0 Å². The van der Waals surface area contributed by atoms with Gasteiger partial charge >= 0.3 is 0 Å². The average molecular weight is 256 g/mol. The smallest absolute Gasteiger partial charge is 0.183 e. The van der Waals surface area contributed by atoms with Gasteiger partial charge in [0.1, 0.15) is 5.69 Å². The van der Waals surface area contributed by atoms with Crippen LogP contribution in [-0.2, 0) is 6.54 Å². The number of H-pyrrole nitrogens is 1. The van der Waals surface area contributed by atoms with E-state index in [1.54, 1.807) is 23.9 Å². The summed E-state index contributed by atoms with van der Waals surface area (Å²) in [6.45, 7) is 0.788. The Morgan fingerprint density at radius 1 is 1.22 bits per heavy atom. The second-order valence-corrected chi connectivity index (χ2v) is 4.70. The number of anilines is 1. The van der Waals surface area contributed by atoms with Gasteiger partial charge in [-0.1, -0.05) is 30.3 Å². The molecule has 2 aromatic heterocycles. The second-order valence-electron chi connectivity index (χ2n) is 3.84. The molecular weight excluding hydrogens is 244 g/mol. The molecule has 4 nitrogen and oxygen atoms in total. The van der Waals surface area contributed by atoms with Crippen LogP contribution in [-0.4, -0.2) is 15.0 Å². The first-order chi connectivity index (χ1) is 8.92. The van der Waals surface area contributed by atoms with Gasteiger partial charge in [0.2, 0.25) is 0 Å². The second kappa shape index (κ2) is 5.01. The van der Waals surface area contributed by atoms with Crippen molar-refractivity contribution in [3.63, 3.8) is 0 Å². The maximum Gasteiger partial charge on any atom is 0.183 e. The maximum absolute atomic E-state index is 4.50. The molecule has 0 unspecified atom stereocenters. The summed E-state index contributed by atoms with van der Waals surface area (Å²) in [5, 5.41) is 6.25. The topological polar surface area (TPSA) is 53.6 Å². The molecule has 3 rings (SSSR count). The average Bonchev–Trinajstić information content (AvgIpc) is 3.08. The number of aromatic amines is 1. The van der Waals surface area contributed by atoms with Crippen LogP contribution in [0.25, 0.3) is 11.4 Å². The van der Waals surface area contributed by atoms with Gasteiger partial charge in [0.05, 0.1) is 18.2 Å². The lowest BCUT2D eigenvalue weighted by molar-refractivity contribution is 1.13. The number of imidazole rings is 1. The lowest BCUT2D eigenvalue weighted by atomic mass is 10.2. The predicted octanol–water partition coefficient (Wildman–Crippen LogP) is 3.15. The Kier molecular flexibility index (Phi) is 3.06. The molecule has 0 spiro atoms. The number of nitrogens with zero attached hydrogens (tertiary/aromatic N) is 2. The molecule has 0 aliphatic rings. The van der Waals surface area contributed by atoms with Crippen molar-refractivity contribution < 1.29 is 0 Å². The molecule has 0 amide bonds. The zero-order chi connectivity index (χ0) is 12.2. The van der Waals surface area contributed by atoms with E-state index in [0.717, 1.165) is 23.1 Å². The molecule has 2 N–H and O–H groups in total. The molecule has 0 aliphatic carbocycles. The summed E-state index contributed by atoms with van der Waals surface area (Å²) in [4.78, 5) is 11.5. The highest BCUT2D eigenvalue weighted by atomic mass is 32.1.